The zero-order chi connectivity index (χ0) is 23.0. The summed E-state index contributed by atoms with van der Waals surface area (Å²) < 4.78 is 47.5. The number of alkyl halides is 3. The normalized spacial score (nSPS) is 17.9. The molecule has 1 amide bonds. The van der Waals surface area contributed by atoms with Gasteiger partial charge in [-0.2, -0.15) is 18.3 Å². The second kappa shape index (κ2) is 8.55. The summed E-state index contributed by atoms with van der Waals surface area (Å²) in [5.74, 6) is -0.236. The van der Waals surface area contributed by atoms with E-state index in [4.69, 9.17) is 27.9 Å². The summed E-state index contributed by atoms with van der Waals surface area (Å²) in [6, 6.07) is 10.4. The van der Waals surface area contributed by atoms with Gasteiger partial charge in [-0.1, -0.05) is 41.4 Å². The highest BCUT2D eigenvalue weighted by Gasteiger charge is 2.47. The van der Waals surface area contributed by atoms with Crippen LogP contribution in [-0.4, -0.2) is 29.0 Å². The van der Waals surface area contributed by atoms with Gasteiger partial charge < -0.3 is 15.4 Å². The van der Waals surface area contributed by atoms with Gasteiger partial charge in [-0.3, -0.25) is 4.79 Å². The molecule has 2 N–H and O–H groups in total. The van der Waals surface area contributed by atoms with E-state index in [9.17, 15) is 18.0 Å². The van der Waals surface area contributed by atoms with Crippen LogP contribution in [0.3, 0.4) is 0 Å². The fraction of sp³-hybridized carbons (Fsp3) is 0.238. The Morgan fingerprint density at radius 1 is 1.22 bits per heavy atom. The first kappa shape index (κ1) is 22.3. The Kier molecular flexibility index (Phi) is 5.96. The number of hydrogen-bond acceptors (Lipinski definition) is 4. The molecule has 6 nitrogen and oxygen atoms in total. The van der Waals surface area contributed by atoms with E-state index in [1.165, 1.54) is 13.2 Å². The second-order valence-corrected chi connectivity index (χ2v) is 8.00. The molecule has 0 saturated carbocycles. The van der Waals surface area contributed by atoms with Gasteiger partial charge in [0.2, 0.25) is 0 Å². The number of halogens is 5. The Hall–Kier alpha value is -2.91. The maximum Gasteiger partial charge on any atom is 0.410 e. The second-order valence-electron chi connectivity index (χ2n) is 7.18. The summed E-state index contributed by atoms with van der Waals surface area (Å²) in [6.07, 6.45) is -4.92. The smallest absolute Gasteiger partial charge is 0.410 e. The van der Waals surface area contributed by atoms with Crippen LogP contribution in [0.1, 0.15) is 34.6 Å². The van der Waals surface area contributed by atoms with Crippen LogP contribution in [-0.2, 0) is 0 Å². The number of nitrogens with zero attached hydrogens (tertiary/aromatic N) is 2. The van der Waals surface area contributed by atoms with Crippen molar-refractivity contribution < 1.29 is 22.7 Å². The van der Waals surface area contributed by atoms with E-state index in [1.54, 1.807) is 42.5 Å². The van der Waals surface area contributed by atoms with Crippen LogP contribution in [0.2, 0.25) is 10.0 Å². The summed E-state index contributed by atoms with van der Waals surface area (Å²) in [6.45, 7) is 0. The number of aromatic nitrogens is 2. The zero-order valence-corrected chi connectivity index (χ0v) is 18.1. The molecule has 2 atom stereocenters. The van der Waals surface area contributed by atoms with Crippen molar-refractivity contribution in [1.82, 2.24) is 9.78 Å². The molecule has 0 unspecified atom stereocenters. The van der Waals surface area contributed by atoms with Crippen molar-refractivity contribution >= 4 is 40.6 Å². The number of benzene rings is 2. The van der Waals surface area contributed by atoms with Crippen LogP contribution in [0.5, 0.6) is 5.75 Å². The number of methoxy groups -OCH3 is 1. The number of hydrogen-bond donors (Lipinski definition) is 2. The van der Waals surface area contributed by atoms with Crippen molar-refractivity contribution in [3.63, 3.8) is 0 Å². The number of amides is 1. The molecular weight excluding hydrogens is 468 g/mol. The Balaban J connectivity index is 1.68. The van der Waals surface area contributed by atoms with Crippen LogP contribution in [0.15, 0.2) is 48.5 Å². The summed E-state index contributed by atoms with van der Waals surface area (Å²) >= 11 is 12.2. The lowest BCUT2D eigenvalue weighted by atomic mass is 9.97. The number of anilines is 2. The van der Waals surface area contributed by atoms with E-state index in [0.29, 0.717) is 22.0 Å². The van der Waals surface area contributed by atoms with Crippen LogP contribution in [0.4, 0.5) is 24.7 Å². The number of fused-ring (bicyclic) bond motifs is 1. The third kappa shape index (κ3) is 4.35. The molecule has 0 saturated heterocycles. The molecule has 2 heterocycles. The Morgan fingerprint density at radius 3 is 2.56 bits per heavy atom. The topological polar surface area (TPSA) is 68.2 Å². The number of carbonyl (C=O) groups excluding carboxylic acids is 1. The maximum atomic E-state index is 13.9. The van der Waals surface area contributed by atoms with Crippen molar-refractivity contribution in [2.24, 2.45) is 0 Å². The highest BCUT2D eigenvalue weighted by Crippen LogP contribution is 2.46. The molecule has 168 valence electrons. The maximum absolute atomic E-state index is 13.9. The van der Waals surface area contributed by atoms with Gasteiger partial charge in [0.1, 0.15) is 16.6 Å². The monoisotopic (exact) mass is 484 g/mol. The number of carbonyl (C=O) groups is 1. The lowest BCUT2D eigenvalue weighted by Crippen LogP contribution is -2.35. The van der Waals surface area contributed by atoms with Gasteiger partial charge in [-0.25, -0.2) is 4.68 Å². The highest BCUT2D eigenvalue weighted by atomic mass is 35.5. The third-order valence-electron chi connectivity index (χ3n) is 5.11. The molecule has 0 radical (unpaired) electrons. The van der Waals surface area contributed by atoms with E-state index < -0.39 is 24.2 Å². The van der Waals surface area contributed by atoms with E-state index in [-0.39, 0.29) is 23.0 Å². The van der Waals surface area contributed by atoms with Gasteiger partial charge in [0, 0.05) is 17.1 Å². The predicted molar refractivity (Wildman–Crippen MR) is 116 cm³/mol. The molecular formula is C21H17Cl2F3N4O2. The lowest BCUT2D eigenvalue weighted by molar-refractivity contribution is -0.173. The Labute approximate surface area is 191 Å². The van der Waals surface area contributed by atoms with Crippen molar-refractivity contribution in [3.8, 4) is 5.75 Å². The molecule has 1 aromatic heterocycles. The molecule has 0 fully saturated rings. The lowest BCUT2D eigenvalue weighted by Gasteiger charge is -2.33. The first-order valence-corrected chi connectivity index (χ1v) is 10.2. The molecule has 0 aliphatic carbocycles. The molecule has 1 aliphatic heterocycles. The molecule has 3 aromatic rings. The molecule has 0 bridgehead atoms. The summed E-state index contributed by atoms with van der Waals surface area (Å²) in [4.78, 5) is 12.7. The van der Waals surface area contributed by atoms with Crippen LogP contribution >= 0.6 is 23.2 Å². The first-order chi connectivity index (χ1) is 15.2. The molecule has 1 aliphatic rings. The largest absolute Gasteiger partial charge is 0.497 e. The van der Waals surface area contributed by atoms with Crippen molar-refractivity contribution in [3.05, 3.63) is 69.8 Å². The fourth-order valence-corrected chi connectivity index (χ4v) is 4.00. The minimum absolute atomic E-state index is 0.0719. The predicted octanol–water partition coefficient (Wildman–Crippen LogP) is 6.11. The standard InChI is InChI=1S/C21H17Cl2F3N4O2/c1-32-14-7-5-11(6-8-14)15-10-16(21(24,25)26)30-19(28-15)17(23)18(29-30)20(31)27-13-4-2-3-12(22)9-13/h2-9,15-16,28H,10H2,1H3,(H,27,31)/t15-,16+/m0/s1. The quantitative estimate of drug-likeness (QED) is 0.468. The SMILES string of the molecule is COc1ccc([C@@H]2C[C@H](C(F)(F)F)n3nc(C(=O)Nc4cccc(Cl)c4)c(Cl)c3N2)cc1. The van der Waals surface area contributed by atoms with Crippen LogP contribution in [0, 0.1) is 0 Å². The Bertz CT molecular complexity index is 1150. The summed E-state index contributed by atoms with van der Waals surface area (Å²) in [5.41, 5.74) is 0.660. The van der Waals surface area contributed by atoms with E-state index in [2.05, 4.69) is 15.7 Å². The van der Waals surface area contributed by atoms with Crippen molar-refractivity contribution in [2.75, 3.05) is 17.7 Å². The average Bonchev–Trinajstić information content (AvgIpc) is 3.09. The summed E-state index contributed by atoms with van der Waals surface area (Å²) in [5, 5.41) is 9.65. The van der Waals surface area contributed by atoms with Gasteiger partial charge in [-0.15, -0.1) is 0 Å². The molecule has 4 rings (SSSR count). The van der Waals surface area contributed by atoms with E-state index in [0.717, 1.165) is 4.68 Å². The highest BCUT2D eigenvalue weighted by molar-refractivity contribution is 6.36. The van der Waals surface area contributed by atoms with Crippen molar-refractivity contribution in [1.29, 1.82) is 0 Å². The summed E-state index contributed by atoms with van der Waals surface area (Å²) in [7, 11) is 1.50. The number of ether oxygens (including phenoxy) is 1. The minimum atomic E-state index is -4.60. The molecule has 2 aromatic carbocycles. The van der Waals surface area contributed by atoms with Gasteiger partial charge in [0.05, 0.1) is 13.2 Å². The van der Waals surface area contributed by atoms with Gasteiger partial charge >= 0.3 is 6.18 Å². The number of nitrogens with one attached hydrogen (secondary N) is 2. The molecule has 0 spiro atoms. The molecule has 32 heavy (non-hydrogen) atoms. The Morgan fingerprint density at radius 2 is 1.94 bits per heavy atom. The van der Waals surface area contributed by atoms with E-state index in [1.807, 2.05) is 0 Å². The fourth-order valence-electron chi connectivity index (χ4n) is 3.55. The van der Waals surface area contributed by atoms with Crippen LogP contribution < -0.4 is 15.4 Å². The van der Waals surface area contributed by atoms with Gasteiger partial charge in [0.25, 0.3) is 5.91 Å². The minimum Gasteiger partial charge on any atom is -0.497 e. The average molecular weight is 485 g/mol. The van der Waals surface area contributed by atoms with Crippen molar-refractivity contribution in [2.45, 2.75) is 24.7 Å². The van der Waals surface area contributed by atoms with Gasteiger partial charge in [-0.05, 0) is 35.9 Å². The van der Waals surface area contributed by atoms with Gasteiger partial charge in [0.15, 0.2) is 11.7 Å². The third-order valence-corrected chi connectivity index (χ3v) is 5.70. The van der Waals surface area contributed by atoms with E-state index >= 15 is 0 Å². The zero-order valence-electron chi connectivity index (χ0n) is 16.6. The first-order valence-electron chi connectivity index (χ1n) is 9.49. The number of rotatable bonds is 4. The molecule has 11 heteroatoms. The van der Waals surface area contributed by atoms with Crippen LogP contribution in [0.25, 0.3) is 0 Å².